The van der Waals surface area contributed by atoms with E-state index in [-0.39, 0.29) is 37.6 Å². The van der Waals surface area contributed by atoms with E-state index in [1.807, 2.05) is 18.2 Å². The molecule has 0 aromatic heterocycles. The predicted octanol–water partition coefficient (Wildman–Crippen LogP) is 6.82. The highest BCUT2D eigenvalue weighted by Crippen LogP contribution is 2.47. The number of ether oxygens (including phenoxy) is 3. The van der Waals surface area contributed by atoms with Gasteiger partial charge >= 0.3 is 0 Å². The maximum atomic E-state index is 9.47. The summed E-state index contributed by atoms with van der Waals surface area (Å²) in [7, 11) is 0. The van der Waals surface area contributed by atoms with Crippen molar-refractivity contribution in [1.29, 1.82) is 0 Å². The summed E-state index contributed by atoms with van der Waals surface area (Å²) in [5.74, 6) is 0.941. The van der Waals surface area contributed by atoms with E-state index >= 15 is 0 Å². The first-order valence-electron chi connectivity index (χ1n) is 11.6. The Kier molecular flexibility index (Phi) is 17.2. The number of aliphatic hydroxyl groups is 2. The highest BCUT2D eigenvalue weighted by Gasteiger charge is 2.30. The summed E-state index contributed by atoms with van der Waals surface area (Å²) < 4.78 is 23.0. The van der Waals surface area contributed by atoms with Gasteiger partial charge in [-0.05, 0) is 61.2 Å². The van der Waals surface area contributed by atoms with Gasteiger partial charge in [0.1, 0.15) is 18.0 Å². The van der Waals surface area contributed by atoms with Crippen LogP contribution >= 0.6 is 64.0 Å². The van der Waals surface area contributed by atoms with E-state index in [1.165, 1.54) is 0 Å². The molecule has 0 saturated carbocycles. The number of aliphatic hydroxyl groups excluding tert-OH is 2. The molecular weight excluding hydrogens is 756 g/mol. The average Bonchev–Trinajstić information content (AvgIpc) is 2.87. The summed E-state index contributed by atoms with van der Waals surface area (Å²) >= 11 is 13.8. The van der Waals surface area contributed by atoms with Crippen LogP contribution in [0.15, 0.2) is 69.1 Å². The number of hydrogen-bond acceptors (Lipinski definition) is 7. The summed E-state index contributed by atoms with van der Waals surface area (Å²) in [6.45, 7) is 12.7. The lowest BCUT2D eigenvalue weighted by Crippen LogP contribution is -2.27. The molecule has 0 spiro atoms. The van der Waals surface area contributed by atoms with Gasteiger partial charge in [-0.25, -0.2) is 0 Å². The van der Waals surface area contributed by atoms with Gasteiger partial charge in [0.25, 0.3) is 0 Å². The van der Waals surface area contributed by atoms with Gasteiger partial charge in [0.2, 0.25) is 0 Å². The second kappa shape index (κ2) is 18.6. The van der Waals surface area contributed by atoms with Crippen molar-refractivity contribution in [1.82, 2.24) is 0 Å². The molecule has 0 bridgehead atoms. The molecule has 2 rings (SSSR count). The third-order valence-corrected chi connectivity index (χ3v) is 8.22. The Labute approximate surface area is 258 Å². The minimum Gasteiger partial charge on any atom is -0.508 e. The van der Waals surface area contributed by atoms with Crippen LogP contribution in [-0.2, 0) is 19.6 Å². The molecule has 212 valence electrons. The van der Waals surface area contributed by atoms with Gasteiger partial charge in [0, 0.05) is 14.4 Å². The van der Waals surface area contributed by atoms with Crippen LogP contribution < -0.4 is 3.83 Å². The van der Waals surface area contributed by atoms with E-state index < -0.39 is 12.2 Å². The fourth-order valence-corrected chi connectivity index (χ4v) is 6.17. The quantitative estimate of drug-likeness (QED) is 0.104. The fourth-order valence-electron chi connectivity index (χ4n) is 3.24. The van der Waals surface area contributed by atoms with E-state index in [4.69, 9.17) is 18.0 Å². The number of aromatic hydroxyl groups is 1. The fraction of sp³-hybridized carbons (Fsp3) is 0.407. The molecule has 2 unspecified atom stereocenters. The zero-order chi connectivity index (χ0) is 28.7. The number of phenols is 1. The first-order valence-corrected chi connectivity index (χ1v) is 14.6. The molecule has 0 aliphatic rings. The smallest absolute Gasteiger partial charge is 0.179 e. The monoisotopic (exact) mass is 786 g/mol. The normalized spacial score (nSPS) is 12.7. The number of hydrogen-bond donors (Lipinski definition) is 3. The van der Waals surface area contributed by atoms with Crippen LogP contribution in [0.25, 0.3) is 0 Å². The molecule has 2 atom stereocenters. The Morgan fingerprint density at radius 2 is 1.32 bits per heavy atom. The van der Waals surface area contributed by atoms with Gasteiger partial charge in [-0.1, -0.05) is 54.1 Å². The molecule has 0 saturated heterocycles. The molecule has 0 radical (unpaired) electrons. The second-order valence-corrected chi connectivity index (χ2v) is 11.4. The van der Waals surface area contributed by atoms with E-state index in [2.05, 4.69) is 91.1 Å². The standard InChI is InChI=1S/C15H12Br4O2.C12H22O5/c1-15(2,8-3-5-9(20)6-4-8)12-10(16)7-11(21-19)13(17)14(12)18;1-3-5-15-7-11(13)9-17-10-12(14)8-16-6-4-2/h3-7,20H,1-2H3;3-4,11-14H,1-2,5-10H2. The molecule has 0 aliphatic heterocycles. The van der Waals surface area contributed by atoms with Crippen molar-refractivity contribution in [2.24, 2.45) is 0 Å². The van der Waals surface area contributed by atoms with Gasteiger partial charge in [0.15, 0.2) is 22.0 Å². The van der Waals surface area contributed by atoms with Gasteiger partial charge in [-0.15, -0.1) is 13.2 Å². The number of rotatable bonds is 15. The number of halogens is 4. The molecule has 0 aliphatic carbocycles. The molecule has 2 aromatic rings. The van der Waals surface area contributed by atoms with Crippen LogP contribution in [0.5, 0.6) is 11.5 Å². The molecule has 3 N–H and O–H groups in total. The largest absolute Gasteiger partial charge is 0.508 e. The van der Waals surface area contributed by atoms with E-state index in [9.17, 15) is 15.3 Å². The van der Waals surface area contributed by atoms with Crippen molar-refractivity contribution in [2.75, 3.05) is 39.6 Å². The summed E-state index contributed by atoms with van der Waals surface area (Å²) in [6.07, 6.45) is 1.82. The molecule has 11 heteroatoms. The average molecular weight is 790 g/mol. The predicted molar refractivity (Wildman–Crippen MR) is 164 cm³/mol. The second-order valence-electron chi connectivity index (χ2n) is 8.61. The van der Waals surface area contributed by atoms with E-state index in [1.54, 1.807) is 24.3 Å². The first-order chi connectivity index (χ1) is 18.0. The van der Waals surface area contributed by atoms with Crippen molar-refractivity contribution in [3.05, 3.63) is 80.2 Å². The van der Waals surface area contributed by atoms with E-state index in [0.29, 0.717) is 19.0 Å². The molecule has 0 heterocycles. The van der Waals surface area contributed by atoms with Crippen LogP contribution in [0.4, 0.5) is 0 Å². The summed E-state index contributed by atoms with van der Waals surface area (Å²) in [4.78, 5) is 0. The Morgan fingerprint density at radius 3 is 1.76 bits per heavy atom. The number of phenolic OH excluding ortho intramolecular Hbond substituents is 1. The molecular formula is C27H34Br4O7. The minimum absolute atomic E-state index is 0.121. The van der Waals surface area contributed by atoms with Crippen LogP contribution in [0, 0.1) is 0 Å². The Bertz CT molecular complexity index is 980. The Morgan fingerprint density at radius 1 is 0.842 bits per heavy atom. The lowest BCUT2D eigenvalue weighted by Gasteiger charge is -2.29. The summed E-state index contributed by atoms with van der Waals surface area (Å²) in [5.41, 5.74) is 1.92. The molecule has 7 nitrogen and oxygen atoms in total. The molecule has 2 aromatic carbocycles. The Balaban J connectivity index is 0.000000391. The van der Waals surface area contributed by atoms with Crippen molar-refractivity contribution in [3.63, 3.8) is 0 Å². The van der Waals surface area contributed by atoms with Crippen molar-refractivity contribution >= 4 is 64.0 Å². The van der Waals surface area contributed by atoms with Crippen molar-refractivity contribution in [2.45, 2.75) is 31.5 Å². The van der Waals surface area contributed by atoms with Gasteiger partial charge in [0.05, 0.1) is 44.1 Å². The highest BCUT2D eigenvalue weighted by atomic mass is 79.9. The minimum atomic E-state index is -0.698. The third kappa shape index (κ3) is 11.8. The van der Waals surface area contributed by atoms with Crippen LogP contribution in [0.1, 0.15) is 25.0 Å². The van der Waals surface area contributed by atoms with Gasteiger partial charge in [-0.2, -0.15) is 0 Å². The van der Waals surface area contributed by atoms with Crippen molar-refractivity contribution in [3.8, 4) is 11.5 Å². The SMILES string of the molecule is C=CCOCC(O)COCC(O)COCC=C.CC(C)(c1ccc(O)cc1)c1c(Br)cc(OBr)c(Br)c1Br. The molecule has 0 fully saturated rings. The van der Waals surface area contributed by atoms with Crippen LogP contribution in [0.3, 0.4) is 0 Å². The highest BCUT2D eigenvalue weighted by molar-refractivity contribution is 9.13. The molecule has 0 amide bonds. The van der Waals surface area contributed by atoms with Crippen LogP contribution in [-0.4, -0.2) is 67.2 Å². The maximum Gasteiger partial charge on any atom is 0.179 e. The van der Waals surface area contributed by atoms with E-state index in [0.717, 1.165) is 24.5 Å². The van der Waals surface area contributed by atoms with Crippen molar-refractivity contribution < 1.29 is 33.4 Å². The third-order valence-electron chi connectivity index (χ3n) is 5.13. The maximum absolute atomic E-state index is 9.47. The van der Waals surface area contributed by atoms with Gasteiger partial charge in [-0.3, -0.25) is 0 Å². The molecule has 38 heavy (non-hydrogen) atoms. The lowest BCUT2D eigenvalue weighted by atomic mass is 9.78. The zero-order valence-corrected chi connectivity index (χ0v) is 27.7. The van der Waals surface area contributed by atoms with Gasteiger partial charge < -0.3 is 33.4 Å². The topological polar surface area (TPSA) is 97.6 Å². The zero-order valence-electron chi connectivity index (χ0n) is 21.3. The summed E-state index contributed by atoms with van der Waals surface area (Å²) in [5, 5.41) is 28.3. The Hall–Kier alpha value is -0.760. The number of benzene rings is 2. The summed E-state index contributed by atoms with van der Waals surface area (Å²) in [6, 6.07) is 9.16. The lowest BCUT2D eigenvalue weighted by molar-refractivity contribution is -0.0518. The first kappa shape index (κ1) is 35.3. The van der Waals surface area contributed by atoms with Crippen LogP contribution in [0.2, 0.25) is 0 Å².